The highest BCUT2D eigenvalue weighted by Crippen LogP contribution is 2.39. The van der Waals surface area contributed by atoms with Gasteiger partial charge in [-0.2, -0.15) is 0 Å². The van der Waals surface area contributed by atoms with E-state index >= 15 is 0 Å². The predicted octanol–water partition coefficient (Wildman–Crippen LogP) is 3.38. The summed E-state index contributed by atoms with van der Waals surface area (Å²) < 4.78 is 0. The van der Waals surface area contributed by atoms with E-state index in [1.54, 1.807) is 0 Å². The molecule has 1 heterocycles. The van der Waals surface area contributed by atoms with Crippen molar-refractivity contribution in [2.75, 3.05) is 13.1 Å². The van der Waals surface area contributed by atoms with Gasteiger partial charge < -0.3 is 5.32 Å². The SMILES string of the molecule is CCC(C)N1CC(C)(c2ccccc2)NCC1C1CC1. The van der Waals surface area contributed by atoms with Crippen molar-refractivity contribution in [3.05, 3.63) is 35.9 Å². The predicted molar refractivity (Wildman–Crippen MR) is 84.8 cm³/mol. The smallest absolute Gasteiger partial charge is 0.0535 e. The van der Waals surface area contributed by atoms with Crippen LogP contribution < -0.4 is 5.32 Å². The van der Waals surface area contributed by atoms with Gasteiger partial charge in [-0.25, -0.2) is 0 Å². The number of nitrogens with one attached hydrogen (secondary N) is 1. The highest BCUT2D eigenvalue weighted by Gasteiger charge is 2.44. The monoisotopic (exact) mass is 272 g/mol. The lowest BCUT2D eigenvalue weighted by atomic mass is 9.86. The van der Waals surface area contributed by atoms with Crippen molar-refractivity contribution in [1.29, 1.82) is 0 Å². The Morgan fingerprint density at radius 1 is 1.30 bits per heavy atom. The Balaban J connectivity index is 1.82. The zero-order valence-corrected chi connectivity index (χ0v) is 13.1. The lowest BCUT2D eigenvalue weighted by molar-refractivity contribution is 0.0402. The first-order valence-corrected chi connectivity index (χ1v) is 8.20. The van der Waals surface area contributed by atoms with E-state index in [2.05, 4.69) is 61.3 Å². The minimum atomic E-state index is 0.0933. The molecule has 3 unspecified atom stereocenters. The molecule has 2 nitrogen and oxygen atoms in total. The average Bonchev–Trinajstić information content (AvgIpc) is 3.32. The van der Waals surface area contributed by atoms with Gasteiger partial charge in [0, 0.05) is 25.2 Å². The molecule has 0 aromatic heterocycles. The third-order valence-corrected chi connectivity index (χ3v) is 5.36. The summed E-state index contributed by atoms with van der Waals surface area (Å²) in [6.45, 7) is 9.34. The van der Waals surface area contributed by atoms with Crippen LogP contribution in [0.3, 0.4) is 0 Å². The molecule has 2 aliphatic rings. The van der Waals surface area contributed by atoms with Gasteiger partial charge in [0.1, 0.15) is 0 Å². The summed E-state index contributed by atoms with van der Waals surface area (Å²) in [5.74, 6) is 0.942. The highest BCUT2D eigenvalue weighted by molar-refractivity contribution is 5.25. The Kier molecular flexibility index (Phi) is 3.87. The first kappa shape index (κ1) is 14.1. The summed E-state index contributed by atoms with van der Waals surface area (Å²) in [5.41, 5.74) is 1.51. The number of hydrogen-bond acceptors (Lipinski definition) is 2. The molecule has 1 N–H and O–H groups in total. The molecule has 1 aliphatic carbocycles. The fourth-order valence-electron chi connectivity index (χ4n) is 3.62. The number of benzene rings is 1. The van der Waals surface area contributed by atoms with Crippen molar-refractivity contribution in [2.45, 2.75) is 57.7 Å². The van der Waals surface area contributed by atoms with E-state index in [0.717, 1.165) is 25.0 Å². The van der Waals surface area contributed by atoms with Crippen LogP contribution in [0.25, 0.3) is 0 Å². The molecule has 0 bridgehead atoms. The molecule has 2 heteroatoms. The standard InChI is InChI=1S/C18H28N2/c1-4-14(2)20-13-18(3,16-8-6-5-7-9-16)19-12-17(20)15-10-11-15/h5-9,14-15,17,19H,4,10-13H2,1-3H3. The number of rotatable bonds is 4. The third-order valence-electron chi connectivity index (χ3n) is 5.36. The Morgan fingerprint density at radius 3 is 2.60 bits per heavy atom. The lowest BCUT2D eigenvalue weighted by Gasteiger charge is -2.49. The molecule has 1 aromatic carbocycles. The zero-order chi connectivity index (χ0) is 14.2. The topological polar surface area (TPSA) is 15.3 Å². The molecular formula is C18H28N2. The molecule has 3 atom stereocenters. The quantitative estimate of drug-likeness (QED) is 0.904. The van der Waals surface area contributed by atoms with E-state index < -0.39 is 0 Å². The van der Waals surface area contributed by atoms with Crippen molar-refractivity contribution in [1.82, 2.24) is 10.2 Å². The molecule has 0 amide bonds. The molecular weight excluding hydrogens is 244 g/mol. The van der Waals surface area contributed by atoms with E-state index in [1.165, 1.54) is 24.8 Å². The maximum absolute atomic E-state index is 3.85. The Bertz CT molecular complexity index is 440. The van der Waals surface area contributed by atoms with E-state index in [-0.39, 0.29) is 5.54 Å². The van der Waals surface area contributed by atoms with Crippen LogP contribution in [-0.4, -0.2) is 30.1 Å². The van der Waals surface area contributed by atoms with Gasteiger partial charge in [0.15, 0.2) is 0 Å². The van der Waals surface area contributed by atoms with E-state index in [4.69, 9.17) is 0 Å². The largest absolute Gasteiger partial charge is 0.305 e. The van der Waals surface area contributed by atoms with Gasteiger partial charge in [-0.15, -0.1) is 0 Å². The molecule has 1 saturated heterocycles. The van der Waals surface area contributed by atoms with Gasteiger partial charge in [-0.1, -0.05) is 37.3 Å². The second kappa shape index (κ2) is 5.50. The van der Waals surface area contributed by atoms with E-state index in [0.29, 0.717) is 6.04 Å². The first-order chi connectivity index (χ1) is 9.64. The summed E-state index contributed by atoms with van der Waals surface area (Å²) in [4.78, 5) is 2.78. The molecule has 3 rings (SSSR count). The van der Waals surface area contributed by atoms with Gasteiger partial charge in [0.25, 0.3) is 0 Å². The van der Waals surface area contributed by atoms with Crippen LogP contribution in [-0.2, 0) is 5.54 Å². The second-order valence-electron chi connectivity index (χ2n) is 6.91. The Labute approximate surface area is 123 Å². The van der Waals surface area contributed by atoms with Gasteiger partial charge in [0.2, 0.25) is 0 Å². The van der Waals surface area contributed by atoms with Crippen molar-refractivity contribution in [3.63, 3.8) is 0 Å². The van der Waals surface area contributed by atoms with Crippen molar-refractivity contribution < 1.29 is 0 Å². The third kappa shape index (κ3) is 2.64. The van der Waals surface area contributed by atoms with Crippen LogP contribution in [0.5, 0.6) is 0 Å². The van der Waals surface area contributed by atoms with Crippen LogP contribution in [0.2, 0.25) is 0 Å². The van der Waals surface area contributed by atoms with Crippen molar-refractivity contribution in [2.24, 2.45) is 5.92 Å². The molecule has 1 saturated carbocycles. The van der Waals surface area contributed by atoms with E-state index in [1.807, 2.05) is 0 Å². The number of hydrogen-bond donors (Lipinski definition) is 1. The second-order valence-corrected chi connectivity index (χ2v) is 6.91. The minimum absolute atomic E-state index is 0.0933. The number of nitrogens with zero attached hydrogens (tertiary/aromatic N) is 1. The fraction of sp³-hybridized carbons (Fsp3) is 0.667. The minimum Gasteiger partial charge on any atom is -0.305 e. The fourth-order valence-corrected chi connectivity index (χ4v) is 3.62. The highest BCUT2D eigenvalue weighted by atomic mass is 15.3. The summed E-state index contributed by atoms with van der Waals surface area (Å²) in [6.07, 6.45) is 4.11. The van der Waals surface area contributed by atoms with Crippen LogP contribution in [0.15, 0.2) is 30.3 Å². The molecule has 1 aromatic rings. The molecule has 2 fully saturated rings. The van der Waals surface area contributed by atoms with Gasteiger partial charge in [0.05, 0.1) is 5.54 Å². The summed E-state index contributed by atoms with van der Waals surface area (Å²) in [6, 6.07) is 12.4. The van der Waals surface area contributed by atoms with Crippen LogP contribution in [0.1, 0.15) is 45.6 Å². The normalized spacial score (nSPS) is 33.0. The molecule has 0 spiro atoms. The maximum Gasteiger partial charge on any atom is 0.0535 e. The molecule has 20 heavy (non-hydrogen) atoms. The van der Waals surface area contributed by atoms with Gasteiger partial charge >= 0.3 is 0 Å². The molecule has 0 radical (unpaired) electrons. The Morgan fingerprint density at radius 2 is 2.00 bits per heavy atom. The summed E-state index contributed by atoms with van der Waals surface area (Å²) in [5, 5.41) is 3.85. The van der Waals surface area contributed by atoms with Crippen molar-refractivity contribution >= 4 is 0 Å². The van der Waals surface area contributed by atoms with Crippen LogP contribution in [0.4, 0.5) is 0 Å². The van der Waals surface area contributed by atoms with E-state index in [9.17, 15) is 0 Å². The molecule has 110 valence electrons. The zero-order valence-electron chi connectivity index (χ0n) is 13.1. The van der Waals surface area contributed by atoms with Crippen molar-refractivity contribution in [3.8, 4) is 0 Å². The summed E-state index contributed by atoms with van der Waals surface area (Å²) in [7, 11) is 0. The van der Waals surface area contributed by atoms with Gasteiger partial charge in [-0.3, -0.25) is 4.90 Å². The Hall–Kier alpha value is -0.860. The average molecular weight is 272 g/mol. The van der Waals surface area contributed by atoms with Gasteiger partial charge in [-0.05, 0) is 44.6 Å². The van der Waals surface area contributed by atoms with Crippen LogP contribution >= 0.6 is 0 Å². The first-order valence-electron chi connectivity index (χ1n) is 8.20. The summed E-state index contributed by atoms with van der Waals surface area (Å²) >= 11 is 0. The number of piperazine rings is 1. The maximum atomic E-state index is 3.85. The molecule has 1 aliphatic heterocycles. The van der Waals surface area contributed by atoms with Crippen LogP contribution in [0, 0.1) is 5.92 Å². The lowest BCUT2D eigenvalue weighted by Crippen LogP contribution is -2.63.